The van der Waals surface area contributed by atoms with Crippen molar-refractivity contribution in [1.29, 1.82) is 0 Å². The van der Waals surface area contributed by atoms with Crippen molar-refractivity contribution in [1.82, 2.24) is 10.4 Å². The molecule has 0 unspecified atom stereocenters. The van der Waals surface area contributed by atoms with Gasteiger partial charge in [0.05, 0.1) is 30.3 Å². The maximum absolute atomic E-state index is 9.86. The van der Waals surface area contributed by atoms with E-state index in [2.05, 4.69) is 33.0 Å². The lowest BCUT2D eigenvalue weighted by Crippen LogP contribution is -2.32. The standard InChI is InChI=1S/C21H32N2O3/c1-6-15-14-23(26-17(7-2)8-3)19(9-4)21(22-15)18-12-11-16(24)13-20(18)25-10-5/h11-14,17,22,24H,6-10H2,1-5H3. The van der Waals surface area contributed by atoms with Crippen LogP contribution in [0.3, 0.4) is 0 Å². The van der Waals surface area contributed by atoms with Crippen LogP contribution in [0, 0.1) is 0 Å². The average molecular weight is 360 g/mol. The van der Waals surface area contributed by atoms with Crippen LogP contribution in [-0.4, -0.2) is 22.9 Å². The SMILES string of the molecule is CCOc1cc(O)ccc1C1=C(CC)N(OC(CC)CC)C=C(CC)N1. The van der Waals surface area contributed by atoms with Gasteiger partial charge in [0.25, 0.3) is 0 Å². The van der Waals surface area contributed by atoms with Crippen LogP contribution < -0.4 is 10.1 Å². The van der Waals surface area contributed by atoms with Gasteiger partial charge in [-0.1, -0.05) is 27.7 Å². The molecular weight excluding hydrogens is 328 g/mol. The minimum Gasteiger partial charge on any atom is -0.508 e. The molecule has 0 spiro atoms. The van der Waals surface area contributed by atoms with Gasteiger partial charge < -0.3 is 15.2 Å². The summed E-state index contributed by atoms with van der Waals surface area (Å²) in [6.45, 7) is 11.0. The zero-order chi connectivity index (χ0) is 19.1. The van der Waals surface area contributed by atoms with Gasteiger partial charge in [-0.25, -0.2) is 5.06 Å². The molecule has 1 aliphatic rings. The molecule has 5 heteroatoms. The van der Waals surface area contributed by atoms with Crippen LogP contribution in [0.25, 0.3) is 5.70 Å². The van der Waals surface area contributed by atoms with Crippen molar-refractivity contribution in [3.63, 3.8) is 0 Å². The molecule has 0 fully saturated rings. The van der Waals surface area contributed by atoms with Crippen molar-refractivity contribution < 1.29 is 14.7 Å². The largest absolute Gasteiger partial charge is 0.508 e. The quantitative estimate of drug-likeness (QED) is 0.638. The zero-order valence-corrected chi connectivity index (χ0v) is 16.6. The minimum atomic E-state index is 0.177. The van der Waals surface area contributed by atoms with E-state index in [1.165, 1.54) is 0 Å². The fraction of sp³-hybridized carbons (Fsp3) is 0.524. The fourth-order valence-corrected chi connectivity index (χ4v) is 3.01. The molecule has 0 bridgehead atoms. The van der Waals surface area contributed by atoms with E-state index in [1.54, 1.807) is 12.1 Å². The second-order valence-electron chi connectivity index (χ2n) is 6.29. The molecule has 2 N–H and O–H groups in total. The van der Waals surface area contributed by atoms with Crippen molar-refractivity contribution in [2.75, 3.05) is 6.61 Å². The monoisotopic (exact) mass is 360 g/mol. The van der Waals surface area contributed by atoms with Crippen molar-refractivity contribution in [3.05, 3.63) is 41.4 Å². The number of ether oxygens (including phenoxy) is 1. The highest BCUT2D eigenvalue weighted by molar-refractivity contribution is 5.74. The number of aromatic hydroxyl groups is 1. The van der Waals surface area contributed by atoms with Crippen molar-refractivity contribution in [3.8, 4) is 11.5 Å². The van der Waals surface area contributed by atoms with Crippen molar-refractivity contribution in [2.24, 2.45) is 0 Å². The molecule has 2 rings (SSSR count). The molecule has 0 aliphatic carbocycles. The summed E-state index contributed by atoms with van der Waals surface area (Å²) in [5, 5.41) is 15.3. The lowest BCUT2D eigenvalue weighted by molar-refractivity contribution is -0.145. The Bertz CT molecular complexity index is 663. The first-order valence-corrected chi connectivity index (χ1v) is 9.70. The molecule has 144 valence electrons. The molecule has 26 heavy (non-hydrogen) atoms. The number of phenols is 1. The normalized spacial score (nSPS) is 14.5. The van der Waals surface area contributed by atoms with Crippen molar-refractivity contribution in [2.45, 2.75) is 66.4 Å². The Balaban J connectivity index is 2.51. The second kappa shape index (κ2) is 9.53. The first-order chi connectivity index (χ1) is 12.6. The fourth-order valence-electron chi connectivity index (χ4n) is 3.01. The van der Waals surface area contributed by atoms with Crippen molar-refractivity contribution >= 4 is 5.70 Å². The molecular formula is C21H32N2O3. The molecule has 1 aromatic rings. The first-order valence-electron chi connectivity index (χ1n) is 9.70. The topological polar surface area (TPSA) is 54.0 Å². The Morgan fingerprint density at radius 1 is 1.08 bits per heavy atom. The predicted molar refractivity (Wildman–Crippen MR) is 105 cm³/mol. The summed E-state index contributed by atoms with van der Waals surface area (Å²) in [7, 11) is 0. The van der Waals surface area contributed by atoms with Gasteiger partial charge in [0.15, 0.2) is 0 Å². The third kappa shape index (κ3) is 4.52. The number of rotatable bonds is 9. The number of phenolic OH excluding ortho intramolecular Hbond substituents is 1. The van der Waals surface area contributed by atoms with Gasteiger partial charge in [0, 0.05) is 17.3 Å². The van der Waals surface area contributed by atoms with Gasteiger partial charge in [-0.3, -0.25) is 4.84 Å². The Morgan fingerprint density at radius 2 is 1.81 bits per heavy atom. The number of nitrogens with zero attached hydrogens (tertiary/aromatic N) is 1. The minimum absolute atomic E-state index is 0.177. The smallest absolute Gasteiger partial charge is 0.132 e. The van der Waals surface area contributed by atoms with Crippen LogP contribution in [0.15, 0.2) is 35.8 Å². The van der Waals surface area contributed by atoms with E-state index in [9.17, 15) is 5.11 Å². The third-order valence-corrected chi connectivity index (χ3v) is 4.54. The number of allylic oxidation sites excluding steroid dienone is 2. The highest BCUT2D eigenvalue weighted by Crippen LogP contribution is 2.35. The summed E-state index contributed by atoms with van der Waals surface area (Å²) in [4.78, 5) is 6.27. The van der Waals surface area contributed by atoms with E-state index in [1.807, 2.05) is 24.3 Å². The Morgan fingerprint density at radius 3 is 2.38 bits per heavy atom. The number of hydroxylamine groups is 2. The number of nitrogens with one attached hydrogen (secondary N) is 1. The molecule has 0 radical (unpaired) electrons. The Labute approximate surface area is 157 Å². The Hall–Kier alpha value is -2.14. The van der Waals surface area contributed by atoms with Gasteiger partial charge >= 0.3 is 0 Å². The number of benzene rings is 1. The lowest BCUT2D eigenvalue weighted by atomic mass is 10.0. The molecule has 0 aromatic heterocycles. The summed E-state index contributed by atoms with van der Waals surface area (Å²) in [6, 6.07) is 5.25. The molecule has 0 atom stereocenters. The van der Waals surface area contributed by atoms with E-state index in [4.69, 9.17) is 9.57 Å². The highest BCUT2D eigenvalue weighted by atomic mass is 16.7. The summed E-state index contributed by atoms with van der Waals surface area (Å²) < 4.78 is 5.78. The van der Waals surface area contributed by atoms with Crippen LogP contribution in [0.2, 0.25) is 0 Å². The predicted octanol–water partition coefficient (Wildman–Crippen LogP) is 5.15. The Kier molecular flexibility index (Phi) is 7.39. The van der Waals surface area contributed by atoms with Crippen LogP contribution in [0.5, 0.6) is 11.5 Å². The summed E-state index contributed by atoms with van der Waals surface area (Å²) in [5.74, 6) is 0.865. The van der Waals surface area contributed by atoms with Crippen LogP contribution in [0.4, 0.5) is 0 Å². The first kappa shape index (κ1) is 20.2. The summed E-state index contributed by atoms with van der Waals surface area (Å²) in [6.07, 6.45) is 5.82. The van der Waals surface area contributed by atoms with Crippen LogP contribution in [-0.2, 0) is 4.84 Å². The van der Waals surface area contributed by atoms with Crippen LogP contribution >= 0.6 is 0 Å². The van der Waals surface area contributed by atoms with Crippen LogP contribution in [0.1, 0.15) is 65.9 Å². The maximum atomic E-state index is 9.86. The van der Waals surface area contributed by atoms with Gasteiger partial charge in [-0.15, -0.1) is 0 Å². The molecule has 1 heterocycles. The molecule has 0 amide bonds. The maximum Gasteiger partial charge on any atom is 0.132 e. The second-order valence-corrected chi connectivity index (χ2v) is 6.29. The van der Waals surface area contributed by atoms with E-state index in [0.29, 0.717) is 12.4 Å². The molecule has 0 saturated heterocycles. The highest BCUT2D eigenvalue weighted by Gasteiger charge is 2.24. The molecule has 0 saturated carbocycles. The van der Waals surface area contributed by atoms with Gasteiger partial charge in [-0.05, 0) is 44.7 Å². The van der Waals surface area contributed by atoms with Gasteiger partial charge in [-0.2, -0.15) is 0 Å². The number of hydrogen-bond donors (Lipinski definition) is 2. The molecule has 5 nitrogen and oxygen atoms in total. The van der Waals surface area contributed by atoms with Gasteiger partial charge in [0.1, 0.15) is 11.5 Å². The molecule has 1 aliphatic heterocycles. The summed E-state index contributed by atoms with van der Waals surface area (Å²) in [5.41, 5.74) is 4.04. The van der Waals surface area contributed by atoms with E-state index >= 15 is 0 Å². The van der Waals surface area contributed by atoms with Gasteiger partial charge in [0.2, 0.25) is 0 Å². The zero-order valence-electron chi connectivity index (χ0n) is 16.6. The van der Waals surface area contributed by atoms with E-state index in [0.717, 1.165) is 48.3 Å². The third-order valence-electron chi connectivity index (χ3n) is 4.54. The average Bonchev–Trinajstić information content (AvgIpc) is 2.65. The lowest BCUT2D eigenvalue weighted by Gasteiger charge is -2.34. The van der Waals surface area contributed by atoms with E-state index in [-0.39, 0.29) is 11.9 Å². The number of hydrogen-bond acceptors (Lipinski definition) is 5. The van der Waals surface area contributed by atoms with E-state index < -0.39 is 0 Å². The summed E-state index contributed by atoms with van der Waals surface area (Å²) >= 11 is 0. The molecule has 1 aromatic carbocycles.